The van der Waals surface area contributed by atoms with Crippen molar-refractivity contribution in [3.8, 4) is 56.3 Å². The van der Waals surface area contributed by atoms with Crippen LogP contribution in [0.2, 0.25) is 0 Å². The second-order valence-corrected chi connectivity index (χ2v) is 13.3. The lowest BCUT2D eigenvalue weighted by molar-refractivity contribution is 1.18. The summed E-state index contributed by atoms with van der Waals surface area (Å²) in [5, 5.41) is 8.32. The summed E-state index contributed by atoms with van der Waals surface area (Å²) in [4.78, 5) is 15.5. The minimum absolute atomic E-state index is 0.690. The monoisotopic (exact) mass is 661 g/mol. The topological polar surface area (TPSA) is 38.7 Å². The van der Waals surface area contributed by atoms with Crippen LogP contribution >= 0.6 is 0 Å². The number of nitrogens with zero attached hydrogens (tertiary/aromatic N) is 3. The zero-order chi connectivity index (χ0) is 34.4. The SMILES string of the molecule is c1ccc(-c2cc(-c3ccc(-c4nc(-c5ccc6ccccc6c5)cc(-c5ccc6ccccc6c5)n4)cc3)c3c(ccc4ccccc43)n2)cc1. The highest BCUT2D eigenvalue weighted by Crippen LogP contribution is 2.38. The van der Waals surface area contributed by atoms with Crippen molar-refractivity contribution in [1.82, 2.24) is 15.0 Å². The quantitative estimate of drug-likeness (QED) is 0.172. The maximum Gasteiger partial charge on any atom is 0.160 e. The highest BCUT2D eigenvalue weighted by Gasteiger charge is 2.15. The second kappa shape index (κ2) is 12.4. The molecule has 0 atom stereocenters. The third-order valence-electron chi connectivity index (χ3n) is 10.0. The summed E-state index contributed by atoms with van der Waals surface area (Å²) in [6.45, 7) is 0. The van der Waals surface area contributed by atoms with E-state index in [0.29, 0.717) is 5.82 Å². The van der Waals surface area contributed by atoms with Gasteiger partial charge in [-0.05, 0) is 73.8 Å². The van der Waals surface area contributed by atoms with Crippen LogP contribution in [0.1, 0.15) is 0 Å². The van der Waals surface area contributed by atoms with Gasteiger partial charge in [0.15, 0.2) is 5.82 Å². The van der Waals surface area contributed by atoms with Crippen molar-refractivity contribution in [1.29, 1.82) is 0 Å². The molecule has 242 valence electrons. The molecular weight excluding hydrogens is 631 g/mol. The van der Waals surface area contributed by atoms with Crippen LogP contribution in [0, 0.1) is 0 Å². The van der Waals surface area contributed by atoms with Crippen molar-refractivity contribution < 1.29 is 0 Å². The lowest BCUT2D eigenvalue weighted by Gasteiger charge is -2.14. The first kappa shape index (κ1) is 29.9. The zero-order valence-corrected chi connectivity index (χ0v) is 28.2. The number of rotatable bonds is 5. The van der Waals surface area contributed by atoms with Gasteiger partial charge < -0.3 is 0 Å². The summed E-state index contributed by atoms with van der Waals surface area (Å²) in [6, 6.07) is 66.3. The third-order valence-corrected chi connectivity index (χ3v) is 10.0. The second-order valence-electron chi connectivity index (χ2n) is 13.3. The van der Waals surface area contributed by atoms with E-state index in [9.17, 15) is 0 Å². The van der Waals surface area contributed by atoms with E-state index in [1.54, 1.807) is 0 Å². The lowest BCUT2D eigenvalue weighted by Crippen LogP contribution is -1.96. The molecule has 0 spiro atoms. The Morgan fingerprint density at radius 2 is 0.788 bits per heavy atom. The van der Waals surface area contributed by atoms with Gasteiger partial charge in [0.05, 0.1) is 22.6 Å². The molecule has 0 N–H and O–H groups in total. The Kier molecular flexibility index (Phi) is 7.14. The van der Waals surface area contributed by atoms with Gasteiger partial charge in [0.25, 0.3) is 0 Å². The molecule has 0 saturated heterocycles. The van der Waals surface area contributed by atoms with Gasteiger partial charge in [0, 0.05) is 27.6 Å². The predicted octanol–water partition coefficient (Wildman–Crippen LogP) is 12.8. The van der Waals surface area contributed by atoms with Crippen LogP contribution in [-0.4, -0.2) is 15.0 Å². The summed E-state index contributed by atoms with van der Waals surface area (Å²) in [5.41, 5.74) is 10.1. The molecule has 0 bridgehead atoms. The maximum absolute atomic E-state index is 5.19. The molecular formula is C49H31N3. The number of benzene rings is 8. The highest BCUT2D eigenvalue weighted by molar-refractivity contribution is 6.13. The van der Waals surface area contributed by atoms with E-state index >= 15 is 0 Å². The average Bonchev–Trinajstić information content (AvgIpc) is 3.23. The van der Waals surface area contributed by atoms with Crippen LogP contribution in [0.5, 0.6) is 0 Å². The summed E-state index contributed by atoms with van der Waals surface area (Å²) < 4.78 is 0. The number of hydrogen-bond donors (Lipinski definition) is 0. The predicted molar refractivity (Wildman–Crippen MR) is 217 cm³/mol. The molecule has 2 heterocycles. The molecule has 0 fully saturated rings. The fraction of sp³-hybridized carbons (Fsp3) is 0. The van der Waals surface area contributed by atoms with Crippen LogP contribution in [-0.2, 0) is 0 Å². The van der Waals surface area contributed by atoms with Gasteiger partial charge in [-0.25, -0.2) is 15.0 Å². The Morgan fingerprint density at radius 1 is 0.288 bits per heavy atom. The molecule has 3 heteroatoms. The first-order valence-electron chi connectivity index (χ1n) is 17.6. The molecule has 0 aliphatic carbocycles. The number of aromatic nitrogens is 3. The summed E-state index contributed by atoms with van der Waals surface area (Å²) in [6.07, 6.45) is 0. The minimum Gasteiger partial charge on any atom is -0.248 e. The third kappa shape index (κ3) is 5.37. The Labute approximate surface area is 301 Å². The van der Waals surface area contributed by atoms with Gasteiger partial charge in [-0.1, -0.05) is 158 Å². The lowest BCUT2D eigenvalue weighted by atomic mass is 9.94. The molecule has 0 aliphatic heterocycles. The summed E-state index contributed by atoms with van der Waals surface area (Å²) >= 11 is 0. The number of pyridine rings is 1. The van der Waals surface area contributed by atoms with Gasteiger partial charge in [-0.3, -0.25) is 0 Å². The smallest absolute Gasteiger partial charge is 0.160 e. The molecule has 2 aromatic heterocycles. The van der Waals surface area contributed by atoms with E-state index in [4.69, 9.17) is 15.0 Å². The van der Waals surface area contributed by atoms with Crippen LogP contribution in [0.3, 0.4) is 0 Å². The van der Waals surface area contributed by atoms with Crippen molar-refractivity contribution in [2.24, 2.45) is 0 Å². The summed E-state index contributed by atoms with van der Waals surface area (Å²) in [7, 11) is 0. The number of hydrogen-bond acceptors (Lipinski definition) is 3. The average molecular weight is 662 g/mol. The normalized spacial score (nSPS) is 11.5. The van der Waals surface area contributed by atoms with Crippen molar-refractivity contribution in [3.05, 3.63) is 188 Å². The van der Waals surface area contributed by atoms with E-state index < -0.39 is 0 Å². The largest absolute Gasteiger partial charge is 0.248 e. The van der Waals surface area contributed by atoms with Crippen LogP contribution in [0.25, 0.3) is 99.5 Å². The van der Waals surface area contributed by atoms with Crippen molar-refractivity contribution in [3.63, 3.8) is 0 Å². The van der Waals surface area contributed by atoms with E-state index in [-0.39, 0.29) is 0 Å². The molecule has 0 aliphatic rings. The van der Waals surface area contributed by atoms with Crippen LogP contribution in [0.15, 0.2) is 188 Å². The highest BCUT2D eigenvalue weighted by atomic mass is 14.9. The fourth-order valence-electron chi connectivity index (χ4n) is 7.36. The van der Waals surface area contributed by atoms with Crippen molar-refractivity contribution in [2.75, 3.05) is 0 Å². The molecule has 10 rings (SSSR count). The standard InChI is InChI=1S/C49H31N3/c1-2-13-36(14-3-1)45-30-43(48-42-17-9-8-12-34(42)26-27-44(48)50-45)35-20-22-37(23-21-35)49-51-46(40-24-18-32-10-4-6-15-38(32)28-40)31-47(52-49)41-25-19-33-11-5-7-16-39(33)29-41/h1-31H. The van der Waals surface area contributed by atoms with Crippen LogP contribution < -0.4 is 0 Å². The first-order chi connectivity index (χ1) is 25.7. The van der Waals surface area contributed by atoms with E-state index in [1.807, 2.05) is 6.07 Å². The van der Waals surface area contributed by atoms with Crippen molar-refractivity contribution in [2.45, 2.75) is 0 Å². The van der Waals surface area contributed by atoms with Gasteiger partial charge in [0.2, 0.25) is 0 Å². The van der Waals surface area contributed by atoms with E-state index in [2.05, 4.69) is 182 Å². The molecule has 0 radical (unpaired) electrons. The Morgan fingerprint density at radius 3 is 1.44 bits per heavy atom. The molecule has 52 heavy (non-hydrogen) atoms. The van der Waals surface area contributed by atoms with E-state index in [0.717, 1.165) is 61.4 Å². The zero-order valence-electron chi connectivity index (χ0n) is 28.2. The fourth-order valence-corrected chi connectivity index (χ4v) is 7.36. The Balaban J connectivity index is 1.13. The van der Waals surface area contributed by atoms with Gasteiger partial charge in [-0.2, -0.15) is 0 Å². The molecule has 0 amide bonds. The van der Waals surface area contributed by atoms with Gasteiger partial charge in [0.1, 0.15) is 0 Å². The molecule has 3 nitrogen and oxygen atoms in total. The van der Waals surface area contributed by atoms with Gasteiger partial charge in [-0.15, -0.1) is 0 Å². The molecule has 0 saturated carbocycles. The maximum atomic E-state index is 5.19. The first-order valence-corrected chi connectivity index (χ1v) is 17.6. The molecule has 0 unspecified atom stereocenters. The minimum atomic E-state index is 0.690. The number of fused-ring (bicyclic) bond motifs is 5. The van der Waals surface area contributed by atoms with Crippen molar-refractivity contribution >= 4 is 43.2 Å². The summed E-state index contributed by atoms with van der Waals surface area (Å²) in [5.74, 6) is 0.690. The van der Waals surface area contributed by atoms with E-state index in [1.165, 1.54) is 32.3 Å². The molecule has 10 aromatic rings. The van der Waals surface area contributed by atoms with Crippen LogP contribution in [0.4, 0.5) is 0 Å². The van der Waals surface area contributed by atoms with Gasteiger partial charge >= 0.3 is 0 Å². The Bertz CT molecular complexity index is 2850. The Hall–Kier alpha value is -6.97. The molecule has 8 aromatic carbocycles.